The number of aromatic hydroxyl groups is 2. The van der Waals surface area contributed by atoms with Gasteiger partial charge in [0.25, 0.3) is 0 Å². The van der Waals surface area contributed by atoms with Gasteiger partial charge < -0.3 is 15.3 Å². The molecule has 0 amide bonds. The minimum Gasteiger partial charge on any atom is -0.508 e. The molecule has 3 N–H and O–H groups in total. The maximum absolute atomic E-state index is 12.2. The van der Waals surface area contributed by atoms with Crippen molar-refractivity contribution in [1.29, 1.82) is 0 Å². The average molecular weight is 326 g/mol. The SMILES string of the molecule is CC1CCCC(c2ccc(O)cc2)(c2ccc(O)cc2)C1C(=O)O. The second-order valence-electron chi connectivity index (χ2n) is 6.75. The zero-order valence-electron chi connectivity index (χ0n) is 13.6. The van der Waals surface area contributed by atoms with Crippen LogP contribution in [0.3, 0.4) is 0 Å². The summed E-state index contributed by atoms with van der Waals surface area (Å²) in [6.45, 7) is 1.99. The van der Waals surface area contributed by atoms with Gasteiger partial charge in [-0.2, -0.15) is 0 Å². The molecule has 0 heterocycles. The smallest absolute Gasteiger partial charge is 0.308 e. The molecule has 2 aromatic carbocycles. The van der Waals surface area contributed by atoms with E-state index in [9.17, 15) is 20.1 Å². The molecule has 2 aromatic rings. The monoisotopic (exact) mass is 326 g/mol. The van der Waals surface area contributed by atoms with Crippen LogP contribution >= 0.6 is 0 Å². The molecular formula is C20H22O4. The molecule has 4 nitrogen and oxygen atoms in total. The summed E-state index contributed by atoms with van der Waals surface area (Å²) in [6.07, 6.45) is 2.55. The Bertz CT molecular complexity index is 673. The summed E-state index contributed by atoms with van der Waals surface area (Å²) >= 11 is 0. The topological polar surface area (TPSA) is 77.8 Å². The molecule has 0 spiro atoms. The Morgan fingerprint density at radius 2 is 1.42 bits per heavy atom. The molecule has 3 rings (SSSR count). The Kier molecular flexibility index (Phi) is 4.22. The minimum absolute atomic E-state index is 0.0406. The van der Waals surface area contributed by atoms with E-state index in [0.717, 1.165) is 30.4 Å². The number of carboxylic acid groups (broad SMARTS) is 1. The molecule has 1 aliphatic carbocycles. The van der Waals surface area contributed by atoms with Gasteiger partial charge >= 0.3 is 5.97 Å². The Morgan fingerprint density at radius 3 is 1.83 bits per heavy atom. The molecular weight excluding hydrogens is 304 g/mol. The number of rotatable bonds is 3. The molecule has 2 unspecified atom stereocenters. The molecule has 0 bridgehead atoms. The van der Waals surface area contributed by atoms with Crippen molar-refractivity contribution >= 4 is 5.97 Å². The summed E-state index contributed by atoms with van der Waals surface area (Å²) < 4.78 is 0. The van der Waals surface area contributed by atoms with E-state index < -0.39 is 17.3 Å². The molecule has 0 aliphatic heterocycles. The first-order valence-electron chi connectivity index (χ1n) is 8.27. The van der Waals surface area contributed by atoms with Crippen molar-refractivity contribution in [2.75, 3.05) is 0 Å². The van der Waals surface area contributed by atoms with E-state index in [1.165, 1.54) is 0 Å². The van der Waals surface area contributed by atoms with Crippen molar-refractivity contribution in [3.8, 4) is 11.5 Å². The maximum Gasteiger partial charge on any atom is 0.308 e. The summed E-state index contributed by atoms with van der Waals surface area (Å²) in [5.74, 6) is -0.992. The highest BCUT2D eigenvalue weighted by Gasteiger charge is 2.50. The zero-order chi connectivity index (χ0) is 17.3. The first kappa shape index (κ1) is 16.4. The van der Waals surface area contributed by atoms with Crippen molar-refractivity contribution in [3.63, 3.8) is 0 Å². The van der Waals surface area contributed by atoms with Crippen LogP contribution in [-0.2, 0) is 10.2 Å². The van der Waals surface area contributed by atoms with Crippen LogP contribution in [0.4, 0.5) is 0 Å². The van der Waals surface area contributed by atoms with Crippen LogP contribution in [0.2, 0.25) is 0 Å². The van der Waals surface area contributed by atoms with Gasteiger partial charge in [-0.05, 0) is 54.2 Å². The second kappa shape index (κ2) is 6.19. The molecule has 0 saturated heterocycles. The quantitative estimate of drug-likeness (QED) is 0.799. The zero-order valence-corrected chi connectivity index (χ0v) is 13.6. The van der Waals surface area contributed by atoms with Crippen molar-refractivity contribution in [1.82, 2.24) is 0 Å². The third kappa shape index (κ3) is 2.62. The van der Waals surface area contributed by atoms with Crippen LogP contribution < -0.4 is 0 Å². The predicted octanol–water partition coefficient (Wildman–Crippen LogP) is 3.90. The van der Waals surface area contributed by atoms with Crippen LogP contribution in [0.1, 0.15) is 37.3 Å². The lowest BCUT2D eigenvalue weighted by Crippen LogP contribution is -2.47. The Balaban J connectivity index is 2.24. The van der Waals surface area contributed by atoms with Crippen LogP contribution in [0.25, 0.3) is 0 Å². The van der Waals surface area contributed by atoms with Crippen LogP contribution in [0.5, 0.6) is 11.5 Å². The molecule has 0 aromatic heterocycles. The first-order valence-corrected chi connectivity index (χ1v) is 8.27. The van der Waals surface area contributed by atoms with Crippen LogP contribution in [0.15, 0.2) is 48.5 Å². The van der Waals surface area contributed by atoms with Crippen molar-refractivity contribution < 1.29 is 20.1 Å². The highest BCUT2D eigenvalue weighted by Crippen LogP contribution is 2.51. The third-order valence-corrected chi connectivity index (χ3v) is 5.36. The van der Waals surface area contributed by atoms with Crippen molar-refractivity contribution in [2.45, 2.75) is 31.6 Å². The summed E-state index contributed by atoms with van der Waals surface area (Å²) in [7, 11) is 0. The Morgan fingerprint density at radius 1 is 0.958 bits per heavy atom. The lowest BCUT2D eigenvalue weighted by Gasteiger charge is -2.46. The number of hydrogen-bond donors (Lipinski definition) is 3. The highest BCUT2D eigenvalue weighted by molar-refractivity contribution is 5.75. The van der Waals surface area contributed by atoms with Gasteiger partial charge in [-0.25, -0.2) is 0 Å². The first-order chi connectivity index (χ1) is 11.4. The summed E-state index contributed by atoms with van der Waals surface area (Å²) in [5.41, 5.74) is 1.13. The van der Waals surface area contributed by atoms with Crippen LogP contribution in [-0.4, -0.2) is 21.3 Å². The van der Waals surface area contributed by atoms with Crippen molar-refractivity contribution in [3.05, 3.63) is 59.7 Å². The average Bonchev–Trinajstić information content (AvgIpc) is 2.55. The van der Waals surface area contributed by atoms with E-state index in [1.807, 2.05) is 31.2 Å². The fraction of sp³-hybridized carbons (Fsp3) is 0.350. The van der Waals surface area contributed by atoms with Gasteiger partial charge in [-0.15, -0.1) is 0 Å². The van der Waals surface area contributed by atoms with Crippen LogP contribution in [0, 0.1) is 11.8 Å². The predicted molar refractivity (Wildman–Crippen MR) is 91.1 cm³/mol. The van der Waals surface area contributed by atoms with E-state index in [2.05, 4.69) is 0 Å². The number of phenols is 2. The number of carboxylic acids is 1. The summed E-state index contributed by atoms with van der Waals surface area (Å²) in [4.78, 5) is 12.2. The van der Waals surface area contributed by atoms with E-state index in [0.29, 0.717) is 0 Å². The number of benzene rings is 2. The lowest BCUT2D eigenvalue weighted by molar-refractivity contribution is -0.147. The number of hydrogen-bond acceptors (Lipinski definition) is 3. The third-order valence-electron chi connectivity index (χ3n) is 5.36. The largest absolute Gasteiger partial charge is 0.508 e. The summed E-state index contributed by atoms with van der Waals surface area (Å²) in [5, 5.41) is 29.2. The van der Waals surface area contributed by atoms with E-state index in [1.54, 1.807) is 24.3 Å². The normalized spacial score (nSPS) is 22.9. The van der Waals surface area contributed by atoms with E-state index in [-0.39, 0.29) is 17.4 Å². The van der Waals surface area contributed by atoms with E-state index in [4.69, 9.17) is 0 Å². The number of aliphatic carboxylic acids is 1. The Hall–Kier alpha value is -2.49. The molecule has 1 saturated carbocycles. The van der Waals surface area contributed by atoms with Gasteiger partial charge in [-0.1, -0.05) is 37.6 Å². The minimum atomic E-state index is -0.802. The Labute approximate surface area is 141 Å². The van der Waals surface area contributed by atoms with Gasteiger partial charge in [0.05, 0.1) is 5.92 Å². The fourth-order valence-electron chi connectivity index (χ4n) is 4.30. The highest BCUT2D eigenvalue weighted by atomic mass is 16.4. The molecule has 1 aliphatic rings. The standard InChI is InChI=1S/C20H22O4/c1-13-3-2-12-20(18(13)19(23)24,14-4-8-16(21)9-5-14)15-6-10-17(22)11-7-15/h4-11,13,18,21-22H,2-3,12H2,1H3,(H,23,24). The molecule has 2 atom stereocenters. The van der Waals surface area contributed by atoms with Crippen molar-refractivity contribution in [2.24, 2.45) is 11.8 Å². The number of carbonyl (C=O) groups is 1. The van der Waals surface area contributed by atoms with Gasteiger partial charge in [0, 0.05) is 5.41 Å². The van der Waals surface area contributed by atoms with Gasteiger partial charge in [0.15, 0.2) is 0 Å². The van der Waals surface area contributed by atoms with Gasteiger partial charge in [0.1, 0.15) is 11.5 Å². The molecule has 0 radical (unpaired) electrons. The molecule has 126 valence electrons. The summed E-state index contributed by atoms with van der Waals surface area (Å²) in [6, 6.07) is 13.7. The van der Waals surface area contributed by atoms with Gasteiger partial charge in [0.2, 0.25) is 0 Å². The second-order valence-corrected chi connectivity index (χ2v) is 6.75. The molecule has 24 heavy (non-hydrogen) atoms. The molecule has 1 fully saturated rings. The van der Waals surface area contributed by atoms with E-state index >= 15 is 0 Å². The maximum atomic E-state index is 12.2. The number of phenolic OH excluding ortho intramolecular Hbond substituents is 2. The molecule has 4 heteroatoms. The lowest BCUT2D eigenvalue weighted by atomic mass is 9.56. The van der Waals surface area contributed by atoms with Gasteiger partial charge in [-0.3, -0.25) is 4.79 Å². The fourth-order valence-corrected chi connectivity index (χ4v) is 4.30.